The van der Waals surface area contributed by atoms with Gasteiger partial charge in [0.25, 0.3) is 0 Å². The molecule has 0 spiro atoms. The third kappa shape index (κ3) is 5.67. The normalized spacial score (nSPS) is 20.3. The number of halogens is 1. The first kappa shape index (κ1) is 20.6. The van der Waals surface area contributed by atoms with E-state index < -0.39 is 5.95 Å². The van der Waals surface area contributed by atoms with Crippen molar-refractivity contribution >= 4 is 11.8 Å². The minimum atomic E-state index is -0.448. The Morgan fingerprint density at radius 1 is 1.07 bits per heavy atom. The Bertz CT molecular complexity index is 821. The number of hydrogen-bond acceptors (Lipinski definition) is 5. The van der Waals surface area contributed by atoms with Gasteiger partial charge in [-0.15, -0.1) is 0 Å². The molecule has 0 radical (unpaired) electrons. The van der Waals surface area contributed by atoms with E-state index in [2.05, 4.69) is 32.2 Å². The first-order valence-corrected chi connectivity index (χ1v) is 10.4. The summed E-state index contributed by atoms with van der Waals surface area (Å²) in [5.41, 5.74) is 1.16. The lowest BCUT2D eigenvalue weighted by atomic mass is 10.2. The van der Waals surface area contributed by atoms with Crippen molar-refractivity contribution in [2.75, 3.05) is 57.4 Å². The van der Waals surface area contributed by atoms with E-state index in [1.165, 1.54) is 6.07 Å². The average Bonchev–Trinajstić information content (AvgIpc) is 2.81. The first-order chi connectivity index (χ1) is 14.8. The fourth-order valence-electron chi connectivity index (χ4n) is 3.60. The second-order valence-corrected chi connectivity index (χ2v) is 7.37. The summed E-state index contributed by atoms with van der Waals surface area (Å²) in [4.78, 5) is 13.2. The van der Waals surface area contributed by atoms with E-state index in [0.29, 0.717) is 38.7 Å². The summed E-state index contributed by atoms with van der Waals surface area (Å²) >= 11 is 0. The number of aliphatic imine (C=N–C) groups is 1. The third-order valence-corrected chi connectivity index (χ3v) is 5.23. The molecule has 0 unspecified atom stereocenters. The highest BCUT2D eigenvalue weighted by atomic mass is 19.1. The van der Waals surface area contributed by atoms with Gasteiger partial charge in [0.15, 0.2) is 5.96 Å². The molecule has 8 heteroatoms. The van der Waals surface area contributed by atoms with Crippen LogP contribution < -0.4 is 10.2 Å². The van der Waals surface area contributed by atoms with E-state index >= 15 is 0 Å². The zero-order valence-corrected chi connectivity index (χ0v) is 17.0. The molecule has 1 N–H and O–H groups in total. The van der Waals surface area contributed by atoms with Crippen molar-refractivity contribution in [1.29, 1.82) is 0 Å². The summed E-state index contributed by atoms with van der Waals surface area (Å²) in [5, 5.41) is 3.47. The Kier molecular flexibility index (Phi) is 7.10. The lowest BCUT2D eigenvalue weighted by Crippen LogP contribution is -2.54. The van der Waals surface area contributed by atoms with Crippen LogP contribution in [-0.2, 0) is 16.0 Å². The van der Waals surface area contributed by atoms with Crippen LogP contribution in [-0.4, -0.2) is 74.5 Å². The number of pyridine rings is 1. The molecule has 3 heterocycles. The highest BCUT2D eigenvalue weighted by Gasteiger charge is 2.22. The standard InChI is InChI=1S/C22H28FN5O2/c23-20-7-4-8-21(26-20)27-9-11-28(12-10-27)22(24-15-18-5-2-1-3-6-18)25-16-19-17-29-13-14-30-19/h1-8,19H,9-17H2,(H,24,25)/t19-/m1/s1. The molecule has 1 aromatic carbocycles. The number of nitrogens with zero attached hydrogens (tertiary/aromatic N) is 4. The third-order valence-electron chi connectivity index (χ3n) is 5.23. The van der Waals surface area contributed by atoms with E-state index in [9.17, 15) is 4.39 Å². The van der Waals surface area contributed by atoms with Gasteiger partial charge in [-0.05, 0) is 17.7 Å². The predicted octanol–water partition coefficient (Wildman–Crippen LogP) is 1.90. The van der Waals surface area contributed by atoms with Crippen LogP contribution in [0.4, 0.5) is 10.2 Å². The van der Waals surface area contributed by atoms with Crippen LogP contribution in [0.1, 0.15) is 5.56 Å². The zero-order valence-electron chi connectivity index (χ0n) is 17.0. The van der Waals surface area contributed by atoms with Gasteiger partial charge in [0, 0.05) is 32.7 Å². The molecule has 0 saturated carbocycles. The van der Waals surface area contributed by atoms with E-state index in [0.717, 1.165) is 37.7 Å². The number of aromatic nitrogens is 1. The van der Waals surface area contributed by atoms with Gasteiger partial charge in [0.2, 0.25) is 5.95 Å². The maximum atomic E-state index is 13.5. The molecule has 7 nitrogen and oxygen atoms in total. The Labute approximate surface area is 176 Å². The number of ether oxygens (including phenoxy) is 2. The summed E-state index contributed by atoms with van der Waals surface area (Å²) in [5.74, 6) is 1.09. The lowest BCUT2D eigenvalue weighted by Gasteiger charge is -2.37. The van der Waals surface area contributed by atoms with Crippen molar-refractivity contribution in [2.24, 2.45) is 4.99 Å². The van der Waals surface area contributed by atoms with Gasteiger partial charge in [0.1, 0.15) is 5.82 Å². The summed E-state index contributed by atoms with van der Waals surface area (Å²) < 4.78 is 24.7. The zero-order chi connectivity index (χ0) is 20.6. The number of guanidine groups is 1. The van der Waals surface area contributed by atoms with Gasteiger partial charge in [-0.2, -0.15) is 4.39 Å². The number of anilines is 1. The molecule has 0 amide bonds. The number of benzene rings is 1. The van der Waals surface area contributed by atoms with Gasteiger partial charge in [-0.3, -0.25) is 0 Å². The highest BCUT2D eigenvalue weighted by Crippen LogP contribution is 2.14. The van der Waals surface area contributed by atoms with Crippen LogP contribution in [0.5, 0.6) is 0 Å². The number of hydrogen-bond donors (Lipinski definition) is 1. The number of nitrogens with one attached hydrogen (secondary N) is 1. The minimum absolute atomic E-state index is 0.0264. The fraction of sp³-hybridized carbons (Fsp3) is 0.455. The molecule has 1 aromatic heterocycles. The summed E-state index contributed by atoms with van der Waals surface area (Å²) in [6, 6.07) is 15.1. The maximum Gasteiger partial charge on any atom is 0.214 e. The molecule has 1 atom stereocenters. The van der Waals surface area contributed by atoms with Crippen LogP contribution in [0.2, 0.25) is 0 Å². The highest BCUT2D eigenvalue weighted by molar-refractivity contribution is 5.80. The maximum absolute atomic E-state index is 13.5. The molecule has 2 aliphatic heterocycles. The Morgan fingerprint density at radius 2 is 1.90 bits per heavy atom. The molecule has 2 saturated heterocycles. The summed E-state index contributed by atoms with van der Waals surface area (Å²) in [6.45, 7) is 6.20. The first-order valence-electron chi connectivity index (χ1n) is 10.4. The van der Waals surface area contributed by atoms with Gasteiger partial charge < -0.3 is 24.6 Å². The smallest absolute Gasteiger partial charge is 0.214 e. The molecule has 0 aliphatic carbocycles. The molecule has 0 bridgehead atoms. The van der Waals surface area contributed by atoms with Crippen molar-refractivity contribution in [3.05, 3.63) is 60.0 Å². The van der Waals surface area contributed by atoms with E-state index in [4.69, 9.17) is 14.5 Å². The van der Waals surface area contributed by atoms with E-state index in [1.807, 2.05) is 24.3 Å². The van der Waals surface area contributed by atoms with Crippen LogP contribution in [0.3, 0.4) is 0 Å². The Morgan fingerprint density at radius 3 is 2.63 bits per heavy atom. The molecular weight excluding hydrogens is 385 g/mol. The van der Waals surface area contributed by atoms with Crippen LogP contribution >= 0.6 is 0 Å². The monoisotopic (exact) mass is 413 g/mol. The van der Waals surface area contributed by atoms with Crippen molar-refractivity contribution < 1.29 is 13.9 Å². The molecule has 2 aliphatic rings. The van der Waals surface area contributed by atoms with Gasteiger partial charge in [-0.1, -0.05) is 36.4 Å². The number of rotatable bonds is 5. The quantitative estimate of drug-likeness (QED) is 0.459. The lowest BCUT2D eigenvalue weighted by molar-refractivity contribution is -0.0851. The SMILES string of the molecule is Fc1cccc(N2CCN(C(=NCc3ccccc3)NC[C@@H]3COCCO3)CC2)n1. The van der Waals surface area contributed by atoms with Crippen molar-refractivity contribution in [1.82, 2.24) is 15.2 Å². The topological polar surface area (TPSA) is 62.2 Å². The second-order valence-electron chi connectivity index (χ2n) is 7.37. The predicted molar refractivity (Wildman–Crippen MR) is 114 cm³/mol. The molecule has 160 valence electrons. The van der Waals surface area contributed by atoms with Crippen LogP contribution in [0.25, 0.3) is 0 Å². The van der Waals surface area contributed by atoms with Crippen molar-refractivity contribution in [3.63, 3.8) is 0 Å². The molecular formula is C22H28FN5O2. The summed E-state index contributed by atoms with van der Waals surface area (Å²) in [7, 11) is 0. The average molecular weight is 413 g/mol. The summed E-state index contributed by atoms with van der Waals surface area (Å²) in [6.07, 6.45) is 0.0264. The van der Waals surface area contributed by atoms with Gasteiger partial charge in [0.05, 0.1) is 32.5 Å². The van der Waals surface area contributed by atoms with Crippen molar-refractivity contribution in [3.8, 4) is 0 Å². The van der Waals surface area contributed by atoms with Gasteiger partial charge in [-0.25, -0.2) is 9.98 Å². The molecule has 30 heavy (non-hydrogen) atoms. The van der Waals surface area contributed by atoms with E-state index in [-0.39, 0.29) is 6.10 Å². The minimum Gasteiger partial charge on any atom is -0.376 e. The van der Waals surface area contributed by atoms with Crippen molar-refractivity contribution in [2.45, 2.75) is 12.6 Å². The van der Waals surface area contributed by atoms with Crippen LogP contribution in [0, 0.1) is 5.95 Å². The van der Waals surface area contributed by atoms with Gasteiger partial charge >= 0.3 is 0 Å². The van der Waals surface area contributed by atoms with Crippen LogP contribution in [0.15, 0.2) is 53.5 Å². The molecule has 4 rings (SSSR count). The molecule has 2 fully saturated rings. The number of piperazine rings is 1. The Balaban J connectivity index is 1.39. The fourth-order valence-corrected chi connectivity index (χ4v) is 3.60. The second kappa shape index (κ2) is 10.4. The Hall–Kier alpha value is -2.71. The largest absolute Gasteiger partial charge is 0.376 e. The molecule has 2 aromatic rings. The van der Waals surface area contributed by atoms with E-state index in [1.54, 1.807) is 6.07 Å².